The first-order valence-electron chi connectivity index (χ1n) is 8.29. The number of aliphatic hydroxyl groups excluding tert-OH is 1. The summed E-state index contributed by atoms with van der Waals surface area (Å²) in [4.78, 5) is 15.9. The molecule has 1 aromatic heterocycles. The van der Waals surface area contributed by atoms with Crippen LogP contribution in [0.1, 0.15) is 22.8 Å². The summed E-state index contributed by atoms with van der Waals surface area (Å²) < 4.78 is 40.8. The number of amides is 1. The zero-order chi connectivity index (χ0) is 19.9. The van der Waals surface area contributed by atoms with E-state index >= 15 is 0 Å². The number of nitrogens with zero attached hydrogens (tertiary/aromatic N) is 1. The Morgan fingerprint density at radius 2 is 1.89 bits per heavy atom. The van der Waals surface area contributed by atoms with Gasteiger partial charge in [-0.1, -0.05) is 37.3 Å². The Morgan fingerprint density at radius 1 is 1.19 bits per heavy atom. The summed E-state index contributed by atoms with van der Waals surface area (Å²) in [5.41, 5.74) is 0.672. The van der Waals surface area contributed by atoms with E-state index in [1.54, 1.807) is 0 Å². The minimum Gasteiger partial charge on any atom is -0.468 e. The third-order valence-electron chi connectivity index (χ3n) is 3.91. The molecule has 0 radical (unpaired) electrons. The van der Waals surface area contributed by atoms with E-state index in [0.29, 0.717) is 6.42 Å². The predicted octanol–water partition coefficient (Wildman–Crippen LogP) is 2.99. The molecule has 146 valence electrons. The SMILES string of the molecule is CC(CO)(CNC(=O)c1ccc(OCC(F)(F)F)nc1)Cc1ccccc1. The molecule has 1 amide bonds. The van der Waals surface area contributed by atoms with Crippen LogP contribution < -0.4 is 10.1 Å². The first-order chi connectivity index (χ1) is 12.7. The van der Waals surface area contributed by atoms with Gasteiger partial charge in [-0.05, 0) is 18.1 Å². The predicted molar refractivity (Wildman–Crippen MR) is 93.5 cm³/mol. The van der Waals surface area contributed by atoms with Gasteiger partial charge in [0.15, 0.2) is 6.61 Å². The molecular formula is C19H21F3N2O3. The Balaban J connectivity index is 1.91. The number of hydrogen-bond acceptors (Lipinski definition) is 4. The van der Waals surface area contributed by atoms with Crippen LogP contribution in [0.5, 0.6) is 5.88 Å². The topological polar surface area (TPSA) is 71.5 Å². The van der Waals surface area contributed by atoms with Crippen molar-refractivity contribution in [2.75, 3.05) is 19.8 Å². The van der Waals surface area contributed by atoms with E-state index in [1.807, 2.05) is 37.3 Å². The average molecular weight is 382 g/mol. The number of rotatable bonds is 8. The van der Waals surface area contributed by atoms with Crippen LogP contribution in [0.15, 0.2) is 48.7 Å². The number of alkyl halides is 3. The summed E-state index contributed by atoms with van der Waals surface area (Å²) in [7, 11) is 0. The van der Waals surface area contributed by atoms with Crippen molar-refractivity contribution in [1.29, 1.82) is 0 Å². The Bertz CT molecular complexity index is 736. The highest BCUT2D eigenvalue weighted by atomic mass is 19.4. The van der Waals surface area contributed by atoms with Gasteiger partial charge in [0.1, 0.15) is 0 Å². The molecule has 1 atom stereocenters. The Hall–Kier alpha value is -2.61. The Morgan fingerprint density at radius 3 is 2.44 bits per heavy atom. The molecule has 5 nitrogen and oxygen atoms in total. The van der Waals surface area contributed by atoms with Crippen molar-refractivity contribution in [2.45, 2.75) is 19.5 Å². The van der Waals surface area contributed by atoms with Crippen LogP contribution >= 0.6 is 0 Å². The molecule has 0 aliphatic rings. The minimum absolute atomic E-state index is 0.120. The first-order valence-corrected chi connectivity index (χ1v) is 8.29. The summed E-state index contributed by atoms with van der Waals surface area (Å²) in [5.74, 6) is -0.647. The van der Waals surface area contributed by atoms with E-state index < -0.39 is 24.1 Å². The van der Waals surface area contributed by atoms with Gasteiger partial charge < -0.3 is 15.2 Å². The van der Waals surface area contributed by atoms with Gasteiger partial charge in [-0.15, -0.1) is 0 Å². The van der Waals surface area contributed by atoms with E-state index in [9.17, 15) is 23.1 Å². The number of aromatic nitrogens is 1. The second-order valence-corrected chi connectivity index (χ2v) is 6.60. The van der Waals surface area contributed by atoms with Gasteiger partial charge in [0.25, 0.3) is 5.91 Å². The summed E-state index contributed by atoms with van der Waals surface area (Å²) in [6.07, 6.45) is -2.73. The molecule has 0 fully saturated rings. The van der Waals surface area contributed by atoms with E-state index in [-0.39, 0.29) is 24.6 Å². The lowest BCUT2D eigenvalue weighted by atomic mass is 9.84. The number of nitrogens with one attached hydrogen (secondary N) is 1. The fourth-order valence-corrected chi connectivity index (χ4v) is 2.41. The molecule has 0 bridgehead atoms. The molecule has 0 aliphatic heterocycles. The lowest BCUT2D eigenvalue weighted by molar-refractivity contribution is -0.154. The van der Waals surface area contributed by atoms with Crippen LogP contribution in [0, 0.1) is 5.41 Å². The molecule has 0 saturated carbocycles. The molecule has 0 saturated heterocycles. The molecule has 0 aliphatic carbocycles. The van der Waals surface area contributed by atoms with E-state index in [4.69, 9.17) is 0 Å². The maximum atomic E-state index is 12.2. The number of pyridine rings is 1. The van der Waals surface area contributed by atoms with Crippen LogP contribution in [-0.4, -0.2) is 41.9 Å². The highest BCUT2D eigenvalue weighted by Gasteiger charge is 2.29. The van der Waals surface area contributed by atoms with E-state index in [0.717, 1.165) is 11.8 Å². The second kappa shape index (κ2) is 8.85. The van der Waals surface area contributed by atoms with Gasteiger partial charge in [0.05, 0.1) is 12.2 Å². The number of carbonyl (C=O) groups excluding carboxylic acids is 1. The maximum absolute atomic E-state index is 12.2. The molecule has 0 spiro atoms. The molecule has 1 aromatic carbocycles. The largest absolute Gasteiger partial charge is 0.468 e. The molecule has 8 heteroatoms. The average Bonchev–Trinajstić information content (AvgIpc) is 2.65. The summed E-state index contributed by atoms with van der Waals surface area (Å²) in [5, 5.41) is 12.4. The molecule has 2 aromatic rings. The molecule has 1 unspecified atom stereocenters. The number of benzene rings is 1. The maximum Gasteiger partial charge on any atom is 0.422 e. The molecule has 1 heterocycles. The summed E-state index contributed by atoms with van der Waals surface area (Å²) in [6, 6.07) is 12.1. The lowest BCUT2D eigenvalue weighted by Crippen LogP contribution is -2.39. The zero-order valence-corrected chi connectivity index (χ0v) is 14.8. The quantitative estimate of drug-likeness (QED) is 0.736. The van der Waals surface area contributed by atoms with E-state index in [1.165, 1.54) is 12.1 Å². The van der Waals surface area contributed by atoms with Gasteiger partial charge >= 0.3 is 6.18 Å². The van der Waals surface area contributed by atoms with Crippen molar-refractivity contribution in [2.24, 2.45) is 5.41 Å². The first kappa shape index (κ1) is 20.7. The van der Waals surface area contributed by atoms with Crippen molar-refractivity contribution in [3.8, 4) is 5.88 Å². The fraction of sp³-hybridized carbons (Fsp3) is 0.368. The van der Waals surface area contributed by atoms with Crippen LogP contribution in [-0.2, 0) is 6.42 Å². The molecule has 2 N–H and O–H groups in total. The van der Waals surface area contributed by atoms with Gasteiger partial charge in [-0.25, -0.2) is 4.98 Å². The Labute approximate surface area is 155 Å². The van der Waals surface area contributed by atoms with Gasteiger partial charge in [0.2, 0.25) is 5.88 Å². The third kappa shape index (κ3) is 6.90. The molecule has 2 rings (SSSR count). The lowest BCUT2D eigenvalue weighted by Gasteiger charge is -2.27. The van der Waals surface area contributed by atoms with Crippen LogP contribution in [0.3, 0.4) is 0 Å². The van der Waals surface area contributed by atoms with Crippen molar-refractivity contribution < 1.29 is 27.8 Å². The molecular weight excluding hydrogens is 361 g/mol. The monoisotopic (exact) mass is 382 g/mol. The van der Waals surface area contributed by atoms with Crippen molar-refractivity contribution in [3.63, 3.8) is 0 Å². The van der Waals surface area contributed by atoms with Crippen LogP contribution in [0.4, 0.5) is 13.2 Å². The summed E-state index contributed by atoms with van der Waals surface area (Å²) in [6.45, 7) is 0.515. The van der Waals surface area contributed by atoms with Gasteiger partial charge in [-0.2, -0.15) is 13.2 Å². The van der Waals surface area contributed by atoms with Crippen molar-refractivity contribution in [3.05, 3.63) is 59.8 Å². The van der Waals surface area contributed by atoms with Gasteiger partial charge in [-0.3, -0.25) is 4.79 Å². The number of ether oxygens (including phenoxy) is 1. The zero-order valence-electron chi connectivity index (χ0n) is 14.8. The van der Waals surface area contributed by atoms with Crippen molar-refractivity contribution >= 4 is 5.91 Å². The number of hydrogen-bond donors (Lipinski definition) is 2. The minimum atomic E-state index is -4.45. The number of halogens is 3. The fourth-order valence-electron chi connectivity index (χ4n) is 2.41. The smallest absolute Gasteiger partial charge is 0.422 e. The number of carbonyl (C=O) groups is 1. The summed E-state index contributed by atoms with van der Waals surface area (Å²) >= 11 is 0. The molecule has 27 heavy (non-hydrogen) atoms. The normalized spacial score (nSPS) is 13.7. The van der Waals surface area contributed by atoms with Crippen molar-refractivity contribution in [1.82, 2.24) is 10.3 Å². The third-order valence-corrected chi connectivity index (χ3v) is 3.91. The van der Waals surface area contributed by atoms with Crippen LogP contribution in [0.2, 0.25) is 0 Å². The standard InChI is InChI=1S/C19H21F3N2O3/c1-18(12-25,9-14-5-3-2-4-6-14)11-24-17(26)15-7-8-16(23-10-15)27-13-19(20,21)22/h2-8,10,25H,9,11-13H2,1H3,(H,24,26). The highest BCUT2D eigenvalue weighted by molar-refractivity contribution is 5.93. The Kier molecular flexibility index (Phi) is 6.79. The second-order valence-electron chi connectivity index (χ2n) is 6.60. The number of aliphatic hydroxyl groups is 1. The van der Waals surface area contributed by atoms with Crippen LogP contribution in [0.25, 0.3) is 0 Å². The van der Waals surface area contributed by atoms with Gasteiger partial charge in [0, 0.05) is 24.2 Å². The highest BCUT2D eigenvalue weighted by Crippen LogP contribution is 2.21. The van der Waals surface area contributed by atoms with E-state index in [2.05, 4.69) is 15.0 Å².